The molecule has 0 radical (unpaired) electrons. The number of carbonyl (C=O) groups excluding carboxylic acids is 1. The number of hydrogen-bond donors (Lipinski definition) is 1. The van der Waals surface area contributed by atoms with E-state index in [1.165, 1.54) is 12.8 Å². The molecule has 104 valence electrons. The van der Waals surface area contributed by atoms with Gasteiger partial charge in [-0.1, -0.05) is 12.1 Å². The zero-order chi connectivity index (χ0) is 13.8. The van der Waals surface area contributed by atoms with E-state index in [9.17, 15) is 4.79 Å². The van der Waals surface area contributed by atoms with Crippen LogP contribution in [0, 0.1) is 0 Å². The minimum atomic E-state index is -0.0165. The van der Waals surface area contributed by atoms with Gasteiger partial charge in [-0.3, -0.25) is 9.69 Å². The van der Waals surface area contributed by atoms with Crippen LogP contribution < -0.4 is 5.32 Å². The Morgan fingerprint density at radius 1 is 1.42 bits per heavy atom. The van der Waals surface area contributed by atoms with Gasteiger partial charge < -0.3 is 5.32 Å². The third-order valence-electron chi connectivity index (χ3n) is 3.75. The fraction of sp³-hybridized carbons (Fsp3) is 0.533. The molecule has 0 heterocycles. The van der Waals surface area contributed by atoms with Gasteiger partial charge >= 0.3 is 0 Å². The fourth-order valence-corrected chi connectivity index (χ4v) is 2.25. The van der Waals surface area contributed by atoms with E-state index in [-0.39, 0.29) is 5.91 Å². The molecule has 4 heteroatoms. The van der Waals surface area contributed by atoms with Crippen molar-refractivity contribution >= 4 is 17.5 Å². The monoisotopic (exact) mass is 280 g/mol. The molecule has 1 aromatic carbocycles. The Labute approximate surface area is 119 Å². The molecule has 3 nitrogen and oxygen atoms in total. The number of carbonyl (C=O) groups is 1. The lowest BCUT2D eigenvalue weighted by Gasteiger charge is -2.24. The molecule has 19 heavy (non-hydrogen) atoms. The maximum Gasteiger partial charge on any atom is 0.251 e. The number of hydrogen-bond acceptors (Lipinski definition) is 2. The van der Waals surface area contributed by atoms with Crippen LogP contribution in [-0.2, 0) is 5.88 Å². The molecule has 1 amide bonds. The van der Waals surface area contributed by atoms with Crippen molar-refractivity contribution < 1.29 is 4.79 Å². The molecular formula is C15H21ClN2O. The number of rotatable bonds is 6. The summed E-state index contributed by atoms with van der Waals surface area (Å²) in [6, 6.07) is 8.52. The van der Waals surface area contributed by atoms with Gasteiger partial charge in [0.2, 0.25) is 0 Å². The minimum absolute atomic E-state index is 0.0165. The van der Waals surface area contributed by atoms with Crippen molar-refractivity contribution in [2.45, 2.75) is 37.7 Å². The van der Waals surface area contributed by atoms with E-state index in [0.717, 1.165) is 11.6 Å². The Kier molecular flexibility index (Phi) is 4.83. The highest BCUT2D eigenvalue weighted by molar-refractivity contribution is 6.17. The molecule has 1 aliphatic carbocycles. The molecule has 1 fully saturated rings. The lowest BCUT2D eigenvalue weighted by molar-refractivity contribution is 0.0939. The molecule has 0 aliphatic heterocycles. The average molecular weight is 281 g/mol. The van der Waals surface area contributed by atoms with Crippen LogP contribution in [0.25, 0.3) is 0 Å². The van der Waals surface area contributed by atoms with Gasteiger partial charge in [0.05, 0.1) is 0 Å². The van der Waals surface area contributed by atoms with Crippen LogP contribution in [0.5, 0.6) is 0 Å². The van der Waals surface area contributed by atoms with Gasteiger partial charge in [0.1, 0.15) is 0 Å². The summed E-state index contributed by atoms with van der Waals surface area (Å²) in [5.74, 6) is 0.461. The van der Waals surface area contributed by atoms with E-state index in [2.05, 4.69) is 24.2 Å². The number of amides is 1. The van der Waals surface area contributed by atoms with E-state index in [4.69, 9.17) is 11.6 Å². The summed E-state index contributed by atoms with van der Waals surface area (Å²) in [6.45, 7) is 2.83. The average Bonchev–Trinajstić information content (AvgIpc) is 3.28. The van der Waals surface area contributed by atoms with Crippen LogP contribution in [0.2, 0.25) is 0 Å². The van der Waals surface area contributed by atoms with Crippen molar-refractivity contribution in [2.75, 3.05) is 13.6 Å². The van der Waals surface area contributed by atoms with Gasteiger partial charge in [0, 0.05) is 30.1 Å². The topological polar surface area (TPSA) is 32.3 Å². The van der Waals surface area contributed by atoms with E-state index < -0.39 is 0 Å². The van der Waals surface area contributed by atoms with Gasteiger partial charge in [-0.05, 0) is 44.5 Å². The Bertz CT molecular complexity index is 428. The van der Waals surface area contributed by atoms with Crippen molar-refractivity contribution in [3.63, 3.8) is 0 Å². The largest absolute Gasteiger partial charge is 0.350 e. The van der Waals surface area contributed by atoms with E-state index in [0.29, 0.717) is 24.0 Å². The first-order chi connectivity index (χ1) is 9.11. The third-order valence-corrected chi connectivity index (χ3v) is 4.06. The summed E-state index contributed by atoms with van der Waals surface area (Å²) in [7, 11) is 2.13. The second kappa shape index (κ2) is 6.40. The molecule has 1 aliphatic rings. The first-order valence-electron chi connectivity index (χ1n) is 6.77. The second-order valence-electron chi connectivity index (χ2n) is 5.29. The standard InChI is InChI=1S/C15H21ClN2O/c1-11(18(2)14-7-8-14)10-17-15(19)13-5-3-12(9-16)4-6-13/h3-6,11,14H,7-10H2,1-2H3,(H,17,19). The van der Waals surface area contributed by atoms with Crippen LogP contribution in [-0.4, -0.2) is 36.5 Å². The van der Waals surface area contributed by atoms with Crippen LogP contribution in [0.4, 0.5) is 0 Å². The Balaban J connectivity index is 1.82. The molecule has 1 aromatic rings. The molecule has 0 saturated heterocycles. The number of nitrogens with one attached hydrogen (secondary N) is 1. The quantitative estimate of drug-likeness (QED) is 0.813. The second-order valence-corrected chi connectivity index (χ2v) is 5.55. The molecule has 1 atom stereocenters. The van der Waals surface area contributed by atoms with Crippen LogP contribution >= 0.6 is 11.6 Å². The number of likely N-dealkylation sites (N-methyl/N-ethyl adjacent to an activating group) is 1. The van der Waals surface area contributed by atoms with E-state index in [1.807, 2.05) is 24.3 Å². The Morgan fingerprint density at radius 2 is 2.05 bits per heavy atom. The third kappa shape index (κ3) is 3.95. The summed E-state index contributed by atoms with van der Waals surface area (Å²) in [4.78, 5) is 14.3. The number of halogens is 1. The summed E-state index contributed by atoms with van der Waals surface area (Å²) >= 11 is 5.73. The molecule has 0 bridgehead atoms. The summed E-state index contributed by atoms with van der Waals surface area (Å²) < 4.78 is 0. The highest BCUT2D eigenvalue weighted by Gasteiger charge is 2.29. The van der Waals surface area contributed by atoms with Crippen molar-refractivity contribution in [3.8, 4) is 0 Å². The van der Waals surface area contributed by atoms with E-state index >= 15 is 0 Å². The minimum Gasteiger partial charge on any atom is -0.350 e. The first kappa shape index (κ1) is 14.4. The molecule has 0 aromatic heterocycles. The zero-order valence-corrected chi connectivity index (χ0v) is 12.3. The van der Waals surface area contributed by atoms with Crippen molar-refractivity contribution in [1.29, 1.82) is 0 Å². The predicted molar refractivity (Wildman–Crippen MR) is 78.6 cm³/mol. The van der Waals surface area contributed by atoms with Gasteiger partial charge in [0.25, 0.3) is 5.91 Å². The van der Waals surface area contributed by atoms with Gasteiger partial charge in [-0.15, -0.1) is 11.6 Å². The van der Waals surface area contributed by atoms with Crippen molar-refractivity contribution in [2.24, 2.45) is 0 Å². The van der Waals surface area contributed by atoms with E-state index in [1.54, 1.807) is 0 Å². The Hall–Kier alpha value is -1.06. The maximum absolute atomic E-state index is 12.0. The van der Waals surface area contributed by atoms with Crippen molar-refractivity contribution in [1.82, 2.24) is 10.2 Å². The van der Waals surface area contributed by atoms with Crippen LogP contribution in [0.3, 0.4) is 0 Å². The number of nitrogens with zero attached hydrogens (tertiary/aromatic N) is 1. The normalized spacial score (nSPS) is 16.4. The molecule has 0 spiro atoms. The maximum atomic E-state index is 12.0. The summed E-state index contributed by atoms with van der Waals surface area (Å²) in [6.07, 6.45) is 2.57. The van der Waals surface area contributed by atoms with Gasteiger partial charge in [0.15, 0.2) is 0 Å². The molecule has 1 N–H and O–H groups in total. The molecule has 1 saturated carbocycles. The van der Waals surface area contributed by atoms with Gasteiger partial charge in [-0.2, -0.15) is 0 Å². The summed E-state index contributed by atoms with van der Waals surface area (Å²) in [5.41, 5.74) is 1.72. The fourth-order valence-electron chi connectivity index (χ4n) is 2.07. The van der Waals surface area contributed by atoms with Crippen molar-refractivity contribution in [3.05, 3.63) is 35.4 Å². The zero-order valence-electron chi connectivity index (χ0n) is 11.5. The highest BCUT2D eigenvalue weighted by atomic mass is 35.5. The molecular weight excluding hydrogens is 260 g/mol. The summed E-state index contributed by atoms with van der Waals surface area (Å²) in [5, 5.41) is 2.99. The lowest BCUT2D eigenvalue weighted by Crippen LogP contribution is -2.41. The number of alkyl halides is 1. The predicted octanol–water partition coefficient (Wildman–Crippen LogP) is 2.64. The first-order valence-corrected chi connectivity index (χ1v) is 7.30. The molecule has 1 unspecified atom stereocenters. The molecule has 2 rings (SSSR count). The Morgan fingerprint density at radius 3 is 2.58 bits per heavy atom. The lowest BCUT2D eigenvalue weighted by atomic mass is 10.1. The smallest absolute Gasteiger partial charge is 0.251 e. The van der Waals surface area contributed by atoms with Gasteiger partial charge in [-0.25, -0.2) is 0 Å². The van der Waals surface area contributed by atoms with Crippen LogP contribution in [0.1, 0.15) is 35.7 Å². The highest BCUT2D eigenvalue weighted by Crippen LogP contribution is 2.26. The number of benzene rings is 1. The van der Waals surface area contributed by atoms with Crippen LogP contribution in [0.15, 0.2) is 24.3 Å². The SMILES string of the molecule is CC(CNC(=O)c1ccc(CCl)cc1)N(C)C1CC1.